The molecule has 31 heavy (non-hydrogen) atoms. The highest BCUT2D eigenvalue weighted by atomic mass is 16.4. The summed E-state index contributed by atoms with van der Waals surface area (Å²) >= 11 is 0. The van der Waals surface area contributed by atoms with Crippen molar-refractivity contribution in [1.29, 1.82) is 0 Å². The number of aliphatic carboxylic acids is 1. The molecule has 0 aliphatic carbocycles. The Labute approximate surface area is 182 Å². The summed E-state index contributed by atoms with van der Waals surface area (Å²) in [6.45, 7) is 7.52. The lowest BCUT2D eigenvalue weighted by molar-refractivity contribution is -0.150. The summed E-state index contributed by atoms with van der Waals surface area (Å²) in [7, 11) is 0. The SMILES string of the molecule is CC(C)CC(NC(=O)C(N)CC(N)=O)C(=O)NC(C(=O)N1CCCC1C(=O)O)C(C)C. The molecule has 0 spiro atoms. The molecule has 11 heteroatoms. The minimum atomic E-state index is -1.19. The number of likely N-dealkylation sites (tertiary alicyclic amines) is 1. The van der Waals surface area contributed by atoms with Crippen LogP contribution in [-0.4, -0.2) is 70.3 Å². The molecule has 1 heterocycles. The topological polar surface area (TPSA) is 185 Å². The highest BCUT2D eigenvalue weighted by Crippen LogP contribution is 2.20. The third kappa shape index (κ3) is 7.82. The number of hydrogen-bond donors (Lipinski definition) is 5. The number of primary amides is 1. The molecule has 7 N–H and O–H groups in total. The first-order valence-electron chi connectivity index (χ1n) is 10.5. The molecule has 0 radical (unpaired) electrons. The summed E-state index contributed by atoms with van der Waals surface area (Å²) < 4.78 is 0. The van der Waals surface area contributed by atoms with Gasteiger partial charge < -0.3 is 32.1 Å². The molecule has 0 saturated carbocycles. The number of carboxylic acids is 1. The fraction of sp³-hybridized carbons (Fsp3) is 0.750. The standard InChI is InChI=1S/C20H35N5O6/c1-10(2)8-13(23-17(27)12(21)9-15(22)26)18(28)24-16(11(3)4)19(29)25-7-5-6-14(25)20(30)31/h10-14,16H,5-9,21H2,1-4H3,(H2,22,26)(H,23,27)(H,24,28)(H,30,31). The largest absolute Gasteiger partial charge is 0.480 e. The van der Waals surface area contributed by atoms with Crippen molar-refractivity contribution in [2.75, 3.05) is 6.54 Å². The van der Waals surface area contributed by atoms with E-state index >= 15 is 0 Å². The van der Waals surface area contributed by atoms with Gasteiger partial charge in [0, 0.05) is 6.54 Å². The van der Waals surface area contributed by atoms with Gasteiger partial charge in [-0.25, -0.2) is 4.79 Å². The van der Waals surface area contributed by atoms with Crippen LogP contribution in [-0.2, 0) is 24.0 Å². The predicted molar refractivity (Wildman–Crippen MR) is 112 cm³/mol. The van der Waals surface area contributed by atoms with E-state index < -0.39 is 53.8 Å². The van der Waals surface area contributed by atoms with Crippen molar-refractivity contribution in [2.45, 2.75) is 77.5 Å². The van der Waals surface area contributed by atoms with E-state index in [-0.39, 0.29) is 24.7 Å². The van der Waals surface area contributed by atoms with Crippen LogP contribution < -0.4 is 22.1 Å². The molecular formula is C20H35N5O6. The maximum absolute atomic E-state index is 13.0. The fourth-order valence-electron chi connectivity index (χ4n) is 3.52. The van der Waals surface area contributed by atoms with Crippen molar-refractivity contribution in [2.24, 2.45) is 23.3 Å². The molecule has 0 bridgehead atoms. The number of nitrogens with zero attached hydrogens (tertiary/aromatic N) is 1. The molecule has 1 saturated heterocycles. The zero-order valence-electron chi connectivity index (χ0n) is 18.6. The normalized spacial score (nSPS) is 19.1. The van der Waals surface area contributed by atoms with Crippen molar-refractivity contribution >= 4 is 29.6 Å². The highest BCUT2D eigenvalue weighted by molar-refractivity contribution is 5.95. The molecule has 1 fully saturated rings. The van der Waals surface area contributed by atoms with Gasteiger partial charge in [-0.05, 0) is 31.1 Å². The van der Waals surface area contributed by atoms with Crippen molar-refractivity contribution in [3.8, 4) is 0 Å². The lowest BCUT2D eigenvalue weighted by Crippen LogP contribution is -2.58. The first-order valence-corrected chi connectivity index (χ1v) is 10.5. The third-order valence-electron chi connectivity index (χ3n) is 5.15. The lowest BCUT2D eigenvalue weighted by Gasteiger charge is -2.31. The number of hydrogen-bond acceptors (Lipinski definition) is 6. The Morgan fingerprint density at radius 3 is 2.16 bits per heavy atom. The van der Waals surface area contributed by atoms with Gasteiger partial charge in [0.25, 0.3) is 0 Å². The average molecular weight is 442 g/mol. The van der Waals surface area contributed by atoms with Gasteiger partial charge in [0.2, 0.25) is 23.6 Å². The van der Waals surface area contributed by atoms with Crippen LogP contribution in [0.4, 0.5) is 0 Å². The van der Waals surface area contributed by atoms with Crippen molar-refractivity contribution in [3.05, 3.63) is 0 Å². The van der Waals surface area contributed by atoms with E-state index in [1.54, 1.807) is 13.8 Å². The Kier molecular flexibility index (Phi) is 9.89. The van der Waals surface area contributed by atoms with Crippen molar-refractivity contribution < 1.29 is 29.1 Å². The summed E-state index contributed by atoms with van der Waals surface area (Å²) in [5.74, 6) is -3.83. The fourth-order valence-corrected chi connectivity index (χ4v) is 3.52. The molecule has 1 aliphatic rings. The minimum Gasteiger partial charge on any atom is -0.480 e. The molecule has 176 valence electrons. The molecule has 0 aromatic carbocycles. The molecule has 11 nitrogen and oxygen atoms in total. The van der Waals surface area contributed by atoms with Crippen LogP contribution in [0.1, 0.15) is 53.4 Å². The number of carboxylic acid groups (broad SMARTS) is 1. The number of nitrogens with two attached hydrogens (primary N) is 2. The number of carbonyl (C=O) groups is 5. The number of carbonyl (C=O) groups excluding carboxylic acids is 4. The zero-order chi connectivity index (χ0) is 23.9. The summed E-state index contributed by atoms with van der Waals surface area (Å²) in [4.78, 5) is 62.0. The molecule has 0 aromatic heterocycles. The average Bonchev–Trinajstić information content (AvgIpc) is 3.13. The molecule has 4 unspecified atom stereocenters. The third-order valence-corrected chi connectivity index (χ3v) is 5.15. The van der Waals surface area contributed by atoms with E-state index in [1.165, 1.54) is 4.90 Å². The lowest BCUT2D eigenvalue weighted by atomic mass is 9.99. The first kappa shape index (κ1) is 26.3. The second kappa shape index (κ2) is 11.6. The van der Waals surface area contributed by atoms with Crippen LogP contribution in [0.3, 0.4) is 0 Å². The van der Waals surface area contributed by atoms with Gasteiger partial charge in [-0.2, -0.15) is 0 Å². The van der Waals surface area contributed by atoms with E-state index in [9.17, 15) is 29.1 Å². The van der Waals surface area contributed by atoms with Gasteiger partial charge in [0.15, 0.2) is 0 Å². The van der Waals surface area contributed by atoms with E-state index in [0.717, 1.165) is 0 Å². The number of amides is 4. The van der Waals surface area contributed by atoms with E-state index in [0.29, 0.717) is 19.4 Å². The Balaban J connectivity index is 2.96. The van der Waals surface area contributed by atoms with Crippen LogP contribution in [0.25, 0.3) is 0 Å². The zero-order valence-corrected chi connectivity index (χ0v) is 18.6. The predicted octanol–water partition coefficient (Wildman–Crippen LogP) is -1.06. The second-order valence-electron chi connectivity index (χ2n) is 8.73. The van der Waals surface area contributed by atoms with Crippen LogP contribution in [0, 0.1) is 11.8 Å². The van der Waals surface area contributed by atoms with E-state index in [4.69, 9.17) is 11.5 Å². The molecule has 0 aromatic rings. The smallest absolute Gasteiger partial charge is 0.326 e. The van der Waals surface area contributed by atoms with Crippen LogP contribution >= 0.6 is 0 Å². The Morgan fingerprint density at radius 2 is 1.68 bits per heavy atom. The maximum atomic E-state index is 13.0. The van der Waals surface area contributed by atoms with Gasteiger partial charge in [-0.3, -0.25) is 19.2 Å². The summed E-state index contributed by atoms with van der Waals surface area (Å²) in [5.41, 5.74) is 10.7. The maximum Gasteiger partial charge on any atom is 0.326 e. The highest BCUT2D eigenvalue weighted by Gasteiger charge is 2.39. The Bertz CT molecular complexity index is 696. The Morgan fingerprint density at radius 1 is 1.06 bits per heavy atom. The monoisotopic (exact) mass is 441 g/mol. The number of nitrogens with one attached hydrogen (secondary N) is 2. The second-order valence-corrected chi connectivity index (χ2v) is 8.73. The van der Waals surface area contributed by atoms with Crippen LogP contribution in [0.2, 0.25) is 0 Å². The Hall–Kier alpha value is -2.69. The van der Waals surface area contributed by atoms with Gasteiger partial charge in [-0.1, -0.05) is 27.7 Å². The van der Waals surface area contributed by atoms with Gasteiger partial charge in [0.1, 0.15) is 18.1 Å². The van der Waals surface area contributed by atoms with Gasteiger partial charge in [0.05, 0.1) is 12.5 Å². The number of rotatable bonds is 11. The van der Waals surface area contributed by atoms with Crippen LogP contribution in [0.15, 0.2) is 0 Å². The van der Waals surface area contributed by atoms with Crippen LogP contribution in [0.5, 0.6) is 0 Å². The van der Waals surface area contributed by atoms with Crippen molar-refractivity contribution in [1.82, 2.24) is 15.5 Å². The van der Waals surface area contributed by atoms with Gasteiger partial charge >= 0.3 is 5.97 Å². The molecule has 1 rings (SSSR count). The summed E-state index contributed by atoms with van der Waals surface area (Å²) in [5, 5.41) is 14.6. The molecule has 4 amide bonds. The molecular weight excluding hydrogens is 406 g/mol. The molecule has 4 atom stereocenters. The van der Waals surface area contributed by atoms with E-state index in [2.05, 4.69) is 10.6 Å². The minimum absolute atomic E-state index is 0.0339. The first-order chi connectivity index (χ1) is 14.3. The summed E-state index contributed by atoms with van der Waals surface area (Å²) in [6.07, 6.45) is 0.858. The quantitative estimate of drug-likeness (QED) is 0.270. The molecule has 1 aliphatic heterocycles. The van der Waals surface area contributed by atoms with Gasteiger partial charge in [-0.15, -0.1) is 0 Å². The van der Waals surface area contributed by atoms with Crippen molar-refractivity contribution in [3.63, 3.8) is 0 Å². The summed E-state index contributed by atoms with van der Waals surface area (Å²) in [6, 6.07) is -4.03. The van der Waals surface area contributed by atoms with E-state index in [1.807, 2.05) is 13.8 Å².